The quantitative estimate of drug-likeness (QED) is 0.489. The summed E-state index contributed by atoms with van der Waals surface area (Å²) in [6.45, 7) is 10.2. The fourth-order valence-electron chi connectivity index (χ4n) is 5.56. The predicted molar refractivity (Wildman–Crippen MR) is 115 cm³/mol. The van der Waals surface area contributed by atoms with Crippen molar-refractivity contribution in [2.75, 3.05) is 13.7 Å². The minimum Gasteiger partial charge on any atom is -0.497 e. The molecule has 0 radical (unpaired) electrons. The molecule has 30 heavy (non-hydrogen) atoms. The van der Waals surface area contributed by atoms with Crippen LogP contribution in [-0.4, -0.2) is 24.7 Å². The van der Waals surface area contributed by atoms with Gasteiger partial charge in [0.1, 0.15) is 11.7 Å². The smallest absolute Gasteiger partial charge is 0.317 e. The van der Waals surface area contributed by atoms with Gasteiger partial charge < -0.3 is 19.3 Å². The molecule has 0 saturated heterocycles. The molecule has 2 aliphatic rings. The molecule has 2 aliphatic carbocycles. The number of nitrogens with one attached hydrogen (secondary N) is 1. The van der Waals surface area contributed by atoms with Crippen molar-refractivity contribution >= 4 is 16.9 Å². The second-order valence-electron chi connectivity index (χ2n) is 8.09. The number of esters is 1. The molecule has 152 valence electrons. The average molecular weight is 400 g/mol. The zero-order valence-corrected chi connectivity index (χ0v) is 17.1. The SMILES string of the molecule is [C-]#[N+]C1c2c([nH]c3ccccc23)C2CCc3cc(OC)ccc3C2C1C(=O)OCC. The summed E-state index contributed by atoms with van der Waals surface area (Å²) >= 11 is 0. The molecule has 4 unspecified atom stereocenters. The summed E-state index contributed by atoms with van der Waals surface area (Å²) in [4.78, 5) is 20.8. The van der Waals surface area contributed by atoms with Crippen molar-refractivity contribution in [1.82, 2.24) is 4.98 Å². The topological polar surface area (TPSA) is 55.7 Å². The van der Waals surface area contributed by atoms with Crippen LogP contribution in [0.3, 0.4) is 0 Å². The Morgan fingerprint density at radius 3 is 2.87 bits per heavy atom. The van der Waals surface area contributed by atoms with Crippen LogP contribution in [0, 0.1) is 12.5 Å². The van der Waals surface area contributed by atoms with Crippen LogP contribution in [0.2, 0.25) is 0 Å². The number of hydrogen-bond donors (Lipinski definition) is 1. The van der Waals surface area contributed by atoms with E-state index in [1.54, 1.807) is 7.11 Å². The van der Waals surface area contributed by atoms with Gasteiger partial charge in [-0.15, -0.1) is 0 Å². The first-order valence-corrected chi connectivity index (χ1v) is 10.5. The highest BCUT2D eigenvalue weighted by atomic mass is 16.5. The number of carbonyl (C=O) groups is 1. The number of nitrogens with zero attached hydrogens (tertiary/aromatic N) is 1. The van der Waals surface area contributed by atoms with Crippen molar-refractivity contribution in [2.45, 2.75) is 37.6 Å². The van der Waals surface area contributed by atoms with Gasteiger partial charge in [0, 0.05) is 28.4 Å². The van der Waals surface area contributed by atoms with Crippen LogP contribution in [0.5, 0.6) is 5.75 Å². The molecule has 3 aromatic rings. The number of methoxy groups -OCH3 is 1. The van der Waals surface area contributed by atoms with Crippen molar-refractivity contribution < 1.29 is 14.3 Å². The van der Waals surface area contributed by atoms with Crippen LogP contribution in [0.25, 0.3) is 15.7 Å². The molecule has 0 saturated carbocycles. The molecule has 5 rings (SSSR count). The zero-order chi connectivity index (χ0) is 20.8. The Balaban J connectivity index is 1.75. The second kappa shape index (κ2) is 7.21. The van der Waals surface area contributed by atoms with Crippen LogP contribution in [0.15, 0.2) is 42.5 Å². The van der Waals surface area contributed by atoms with Crippen molar-refractivity contribution in [1.29, 1.82) is 0 Å². The van der Waals surface area contributed by atoms with E-state index in [0.29, 0.717) is 6.61 Å². The molecule has 0 fully saturated rings. The van der Waals surface area contributed by atoms with E-state index in [1.165, 1.54) is 5.56 Å². The minimum atomic E-state index is -0.565. The van der Waals surface area contributed by atoms with E-state index in [9.17, 15) is 4.79 Å². The van der Waals surface area contributed by atoms with Crippen molar-refractivity contribution in [3.63, 3.8) is 0 Å². The van der Waals surface area contributed by atoms with Gasteiger partial charge in [-0.3, -0.25) is 4.79 Å². The maximum absolute atomic E-state index is 13.2. The van der Waals surface area contributed by atoms with E-state index >= 15 is 0 Å². The lowest BCUT2D eigenvalue weighted by molar-refractivity contribution is -0.150. The normalized spacial score (nSPS) is 24.3. The van der Waals surface area contributed by atoms with Crippen LogP contribution in [-0.2, 0) is 16.0 Å². The predicted octanol–water partition coefficient (Wildman–Crippen LogP) is 5.14. The molecule has 5 nitrogen and oxygen atoms in total. The van der Waals surface area contributed by atoms with E-state index < -0.39 is 12.0 Å². The lowest BCUT2D eigenvalue weighted by Crippen LogP contribution is -2.39. The molecule has 0 bridgehead atoms. The summed E-state index contributed by atoms with van der Waals surface area (Å²) in [5.74, 6) is 0.0995. The summed E-state index contributed by atoms with van der Waals surface area (Å²) in [6.07, 6.45) is 1.84. The number of fused-ring (bicyclic) bond motifs is 7. The number of ether oxygens (including phenoxy) is 2. The molecule has 1 N–H and O–H groups in total. The van der Waals surface area contributed by atoms with Gasteiger partial charge in [0.25, 0.3) is 6.04 Å². The van der Waals surface area contributed by atoms with Crippen LogP contribution >= 0.6 is 0 Å². The van der Waals surface area contributed by atoms with Gasteiger partial charge in [0.2, 0.25) is 0 Å². The molecular formula is C25H24N2O3. The summed E-state index contributed by atoms with van der Waals surface area (Å²) in [7, 11) is 1.67. The molecule has 0 amide bonds. The molecule has 5 heteroatoms. The van der Waals surface area contributed by atoms with E-state index in [-0.39, 0.29) is 17.8 Å². The Hall–Kier alpha value is -3.26. The summed E-state index contributed by atoms with van der Waals surface area (Å²) in [5.41, 5.74) is 5.47. The van der Waals surface area contributed by atoms with Crippen LogP contribution in [0.1, 0.15) is 53.6 Å². The Morgan fingerprint density at radius 1 is 1.27 bits per heavy atom. The molecule has 1 heterocycles. The lowest BCUT2D eigenvalue weighted by Gasteiger charge is -2.41. The largest absolute Gasteiger partial charge is 0.497 e. The van der Waals surface area contributed by atoms with Crippen molar-refractivity contribution in [3.05, 3.63) is 76.3 Å². The summed E-state index contributed by atoms with van der Waals surface area (Å²) in [5, 5.41) is 1.04. The summed E-state index contributed by atoms with van der Waals surface area (Å²) in [6, 6.07) is 13.6. The zero-order valence-electron chi connectivity index (χ0n) is 17.1. The van der Waals surface area contributed by atoms with Crippen LogP contribution < -0.4 is 4.74 Å². The monoisotopic (exact) mass is 400 g/mol. The minimum absolute atomic E-state index is 0.0848. The highest BCUT2D eigenvalue weighted by Gasteiger charge is 2.54. The third-order valence-corrected chi connectivity index (χ3v) is 6.74. The third kappa shape index (κ3) is 2.64. The Kier molecular flexibility index (Phi) is 4.51. The van der Waals surface area contributed by atoms with Gasteiger partial charge in [0.15, 0.2) is 0 Å². The Labute approximate surface area is 175 Å². The maximum atomic E-state index is 13.2. The number of H-pyrrole nitrogens is 1. The van der Waals surface area contributed by atoms with E-state index in [2.05, 4.69) is 22.0 Å². The van der Waals surface area contributed by atoms with Crippen molar-refractivity contribution in [3.8, 4) is 5.75 Å². The second-order valence-corrected chi connectivity index (χ2v) is 8.09. The van der Waals surface area contributed by atoms with Crippen molar-refractivity contribution in [2.24, 2.45) is 5.92 Å². The van der Waals surface area contributed by atoms with E-state index in [4.69, 9.17) is 16.0 Å². The third-order valence-electron chi connectivity index (χ3n) is 6.74. The molecule has 1 aromatic heterocycles. The van der Waals surface area contributed by atoms with Gasteiger partial charge in [0.05, 0.1) is 19.3 Å². The number of benzene rings is 2. The fourth-order valence-corrected chi connectivity index (χ4v) is 5.56. The van der Waals surface area contributed by atoms with E-state index in [1.807, 2.05) is 37.3 Å². The Bertz CT molecular complexity index is 1170. The number of aromatic nitrogens is 1. The number of para-hydroxylation sites is 1. The lowest BCUT2D eigenvalue weighted by atomic mass is 9.61. The summed E-state index contributed by atoms with van der Waals surface area (Å²) < 4.78 is 10.9. The van der Waals surface area contributed by atoms with Gasteiger partial charge in [-0.2, -0.15) is 0 Å². The number of aryl methyl sites for hydroxylation is 1. The first-order valence-electron chi connectivity index (χ1n) is 10.5. The van der Waals surface area contributed by atoms with Gasteiger partial charge in [-0.1, -0.05) is 24.3 Å². The molecule has 2 aromatic carbocycles. The molecule has 0 aliphatic heterocycles. The number of carbonyl (C=O) groups excluding carboxylic acids is 1. The van der Waals surface area contributed by atoms with Gasteiger partial charge in [-0.05, 0) is 49.1 Å². The number of rotatable bonds is 3. The van der Waals surface area contributed by atoms with Crippen LogP contribution in [0.4, 0.5) is 0 Å². The van der Waals surface area contributed by atoms with Gasteiger partial charge >= 0.3 is 5.97 Å². The Morgan fingerprint density at radius 2 is 2.10 bits per heavy atom. The molecular weight excluding hydrogens is 376 g/mol. The number of hydrogen-bond acceptors (Lipinski definition) is 3. The maximum Gasteiger partial charge on any atom is 0.317 e. The average Bonchev–Trinajstić information content (AvgIpc) is 3.17. The van der Waals surface area contributed by atoms with E-state index in [0.717, 1.165) is 46.3 Å². The molecule has 0 spiro atoms. The highest BCUT2D eigenvalue weighted by Crippen LogP contribution is 2.57. The van der Waals surface area contributed by atoms with Gasteiger partial charge in [-0.25, -0.2) is 6.57 Å². The molecule has 4 atom stereocenters. The fraction of sp³-hybridized carbons (Fsp3) is 0.360. The first-order chi connectivity index (χ1) is 14.7. The number of aromatic amines is 1. The highest BCUT2D eigenvalue weighted by molar-refractivity contribution is 5.88. The first kappa shape index (κ1) is 18.7. The standard InChI is InChI=1S/C25H24N2O3/c1-4-30-25(28)22-20-16-12-10-15(29-3)13-14(16)9-11-18(20)23-21(24(22)26-2)17-7-5-6-8-19(17)27-23/h5-8,10,12-13,18,20,22,24,27H,4,9,11H2,1,3H3.